The van der Waals surface area contributed by atoms with Gasteiger partial charge in [-0.1, -0.05) is 12.1 Å². The lowest BCUT2D eigenvalue weighted by Gasteiger charge is -2.05. The van der Waals surface area contributed by atoms with E-state index in [1.54, 1.807) is 0 Å². The summed E-state index contributed by atoms with van der Waals surface area (Å²) in [5.41, 5.74) is 3.28. The summed E-state index contributed by atoms with van der Waals surface area (Å²) in [7, 11) is 0. The molecule has 0 amide bonds. The van der Waals surface area contributed by atoms with Gasteiger partial charge in [0.2, 0.25) is 0 Å². The lowest BCUT2D eigenvalue weighted by atomic mass is 9.98. The van der Waals surface area contributed by atoms with Gasteiger partial charge in [-0.15, -0.1) is 0 Å². The van der Waals surface area contributed by atoms with E-state index in [9.17, 15) is 0 Å². The molecule has 0 saturated carbocycles. The third-order valence-electron chi connectivity index (χ3n) is 2.77. The lowest BCUT2D eigenvalue weighted by molar-refractivity contribution is 1.39. The molecule has 0 atom stereocenters. The van der Waals surface area contributed by atoms with Crippen LogP contribution in [0.15, 0.2) is 24.3 Å². The monoisotopic (exact) mass is 206 g/mol. The van der Waals surface area contributed by atoms with Crippen LogP contribution in [-0.4, -0.2) is 0 Å². The molecule has 2 heteroatoms. The fourth-order valence-electron chi connectivity index (χ4n) is 1.82. The minimum atomic E-state index is 0.691. The van der Waals surface area contributed by atoms with Crippen LogP contribution in [0, 0.1) is 36.5 Å². The van der Waals surface area contributed by atoms with Crippen LogP contribution >= 0.6 is 0 Å². The number of nitrogens with zero attached hydrogens (tertiary/aromatic N) is 2. The average Bonchev–Trinajstić information content (AvgIpc) is 2.28. The van der Waals surface area contributed by atoms with E-state index in [1.165, 1.54) is 0 Å². The number of hydrogen-bond donors (Lipinski definition) is 0. The van der Waals surface area contributed by atoms with Crippen LogP contribution in [0.4, 0.5) is 0 Å². The van der Waals surface area contributed by atoms with Crippen LogP contribution in [0.2, 0.25) is 0 Å². The Labute approximate surface area is 94.4 Å². The van der Waals surface area contributed by atoms with E-state index in [1.807, 2.05) is 38.1 Å². The molecule has 2 aromatic carbocycles. The number of rotatable bonds is 0. The van der Waals surface area contributed by atoms with Crippen molar-refractivity contribution in [1.82, 2.24) is 0 Å². The van der Waals surface area contributed by atoms with E-state index in [0.29, 0.717) is 11.1 Å². The molecule has 2 nitrogen and oxygen atoms in total. The Hall–Kier alpha value is -2.32. The van der Waals surface area contributed by atoms with Gasteiger partial charge in [0.05, 0.1) is 23.3 Å². The molecule has 0 fully saturated rings. The largest absolute Gasteiger partial charge is 0.192 e. The first-order valence-corrected chi connectivity index (χ1v) is 5.01. The van der Waals surface area contributed by atoms with Crippen molar-refractivity contribution in [3.63, 3.8) is 0 Å². The van der Waals surface area contributed by atoms with Crippen LogP contribution in [-0.2, 0) is 0 Å². The molecule has 0 aliphatic rings. The molecular formula is C14H10N2. The van der Waals surface area contributed by atoms with Crippen molar-refractivity contribution in [3.8, 4) is 12.1 Å². The molecule has 0 aromatic heterocycles. The summed E-state index contributed by atoms with van der Waals surface area (Å²) in [5, 5.41) is 19.9. The average molecular weight is 206 g/mol. The lowest BCUT2D eigenvalue weighted by Crippen LogP contribution is -1.87. The van der Waals surface area contributed by atoms with E-state index in [2.05, 4.69) is 12.1 Å². The maximum Gasteiger partial charge on any atom is 0.0994 e. The molecule has 0 aliphatic heterocycles. The van der Waals surface area contributed by atoms with Gasteiger partial charge < -0.3 is 0 Å². The normalized spacial score (nSPS) is 9.75. The Morgan fingerprint density at radius 1 is 0.750 bits per heavy atom. The Morgan fingerprint density at radius 2 is 1.12 bits per heavy atom. The van der Waals surface area contributed by atoms with Crippen LogP contribution in [0.3, 0.4) is 0 Å². The van der Waals surface area contributed by atoms with E-state index in [0.717, 1.165) is 21.9 Å². The second-order valence-electron chi connectivity index (χ2n) is 3.91. The molecule has 0 spiro atoms. The minimum Gasteiger partial charge on any atom is -0.192 e. The summed E-state index contributed by atoms with van der Waals surface area (Å²) >= 11 is 0. The highest BCUT2D eigenvalue weighted by Gasteiger charge is 2.04. The van der Waals surface area contributed by atoms with E-state index >= 15 is 0 Å². The standard InChI is InChI=1S/C14H10N2/c1-9-3-11-6-14(8-16)10(2)4-12(11)5-13(9)7-15/h3-6H,1-2H3. The second kappa shape index (κ2) is 3.68. The van der Waals surface area contributed by atoms with Crippen LogP contribution in [0.25, 0.3) is 10.8 Å². The minimum absolute atomic E-state index is 0.691. The molecule has 0 radical (unpaired) electrons. The maximum absolute atomic E-state index is 8.95. The first kappa shape index (κ1) is 10.2. The molecule has 0 heterocycles. The molecule has 0 bridgehead atoms. The van der Waals surface area contributed by atoms with Gasteiger partial charge in [0.25, 0.3) is 0 Å². The molecule has 2 rings (SSSR count). The van der Waals surface area contributed by atoms with Gasteiger partial charge >= 0.3 is 0 Å². The molecular weight excluding hydrogens is 196 g/mol. The van der Waals surface area contributed by atoms with Gasteiger partial charge in [-0.25, -0.2) is 0 Å². The van der Waals surface area contributed by atoms with Crippen molar-refractivity contribution in [3.05, 3.63) is 46.5 Å². The Kier molecular flexibility index (Phi) is 2.35. The fraction of sp³-hybridized carbons (Fsp3) is 0.143. The van der Waals surface area contributed by atoms with E-state index < -0.39 is 0 Å². The zero-order valence-electron chi connectivity index (χ0n) is 9.20. The smallest absolute Gasteiger partial charge is 0.0994 e. The summed E-state index contributed by atoms with van der Waals surface area (Å²) < 4.78 is 0. The highest BCUT2D eigenvalue weighted by atomic mass is 14.3. The summed E-state index contributed by atoms with van der Waals surface area (Å²) in [6.07, 6.45) is 0. The number of benzene rings is 2. The summed E-state index contributed by atoms with van der Waals surface area (Å²) in [5.74, 6) is 0. The summed E-state index contributed by atoms with van der Waals surface area (Å²) in [6, 6.07) is 12.0. The van der Waals surface area contributed by atoms with Crippen molar-refractivity contribution in [2.75, 3.05) is 0 Å². The predicted octanol–water partition coefficient (Wildman–Crippen LogP) is 3.20. The van der Waals surface area contributed by atoms with Gasteiger partial charge in [-0.2, -0.15) is 10.5 Å². The topological polar surface area (TPSA) is 47.6 Å². The molecule has 0 aliphatic carbocycles. The maximum atomic E-state index is 8.95. The first-order valence-electron chi connectivity index (χ1n) is 5.01. The van der Waals surface area contributed by atoms with Crippen LogP contribution in [0.1, 0.15) is 22.3 Å². The second-order valence-corrected chi connectivity index (χ2v) is 3.91. The van der Waals surface area contributed by atoms with Crippen molar-refractivity contribution < 1.29 is 0 Å². The third-order valence-corrected chi connectivity index (χ3v) is 2.77. The molecule has 0 unspecified atom stereocenters. The highest BCUT2D eigenvalue weighted by Crippen LogP contribution is 2.22. The van der Waals surface area contributed by atoms with Crippen molar-refractivity contribution in [1.29, 1.82) is 10.5 Å². The summed E-state index contributed by atoms with van der Waals surface area (Å²) in [6.45, 7) is 3.81. The Morgan fingerprint density at radius 3 is 1.44 bits per heavy atom. The fourth-order valence-corrected chi connectivity index (χ4v) is 1.82. The van der Waals surface area contributed by atoms with Gasteiger partial charge in [0.1, 0.15) is 0 Å². The van der Waals surface area contributed by atoms with Crippen molar-refractivity contribution in [2.45, 2.75) is 13.8 Å². The van der Waals surface area contributed by atoms with Crippen molar-refractivity contribution in [2.24, 2.45) is 0 Å². The number of hydrogen-bond acceptors (Lipinski definition) is 2. The third kappa shape index (κ3) is 1.51. The zero-order valence-corrected chi connectivity index (χ0v) is 9.20. The predicted molar refractivity (Wildman–Crippen MR) is 62.9 cm³/mol. The SMILES string of the molecule is Cc1cc2cc(C#N)c(C)cc2cc1C#N. The zero-order chi connectivity index (χ0) is 11.7. The molecule has 0 N–H and O–H groups in total. The first-order chi connectivity index (χ1) is 7.65. The summed E-state index contributed by atoms with van der Waals surface area (Å²) in [4.78, 5) is 0. The quantitative estimate of drug-likeness (QED) is 0.664. The molecule has 16 heavy (non-hydrogen) atoms. The number of fused-ring (bicyclic) bond motifs is 1. The van der Waals surface area contributed by atoms with Gasteiger partial charge in [-0.05, 0) is 47.9 Å². The molecule has 0 saturated heterocycles. The molecule has 76 valence electrons. The number of aryl methyl sites for hydroxylation is 2. The van der Waals surface area contributed by atoms with Gasteiger partial charge in [0.15, 0.2) is 0 Å². The van der Waals surface area contributed by atoms with Gasteiger partial charge in [0, 0.05) is 0 Å². The van der Waals surface area contributed by atoms with Crippen LogP contribution in [0.5, 0.6) is 0 Å². The van der Waals surface area contributed by atoms with E-state index in [-0.39, 0.29) is 0 Å². The molecule has 2 aromatic rings. The highest BCUT2D eigenvalue weighted by molar-refractivity contribution is 5.87. The van der Waals surface area contributed by atoms with Crippen molar-refractivity contribution >= 4 is 10.8 Å². The van der Waals surface area contributed by atoms with Gasteiger partial charge in [-0.3, -0.25) is 0 Å². The Bertz CT molecular complexity index is 596. The number of nitriles is 2. The Balaban J connectivity index is 2.84. The van der Waals surface area contributed by atoms with Crippen LogP contribution < -0.4 is 0 Å². The van der Waals surface area contributed by atoms with E-state index in [4.69, 9.17) is 10.5 Å².